The van der Waals surface area contributed by atoms with Gasteiger partial charge in [-0.2, -0.15) is 0 Å². The Bertz CT molecular complexity index is 354. The monoisotopic (exact) mass is 327 g/mol. The Balaban J connectivity index is 2.51. The van der Waals surface area contributed by atoms with Gasteiger partial charge >= 0.3 is 0 Å². The lowest BCUT2D eigenvalue weighted by Crippen LogP contribution is -2.30. The fourth-order valence-corrected chi connectivity index (χ4v) is 2.47. The molecule has 0 heterocycles. The molecule has 1 aromatic carbocycles. The van der Waals surface area contributed by atoms with Crippen LogP contribution in [0, 0.1) is 11.8 Å². The van der Waals surface area contributed by atoms with Crippen molar-refractivity contribution in [2.45, 2.75) is 27.2 Å². The van der Waals surface area contributed by atoms with Crippen LogP contribution < -0.4 is 5.32 Å². The highest BCUT2D eigenvalue weighted by Gasteiger charge is 2.11. The van der Waals surface area contributed by atoms with Gasteiger partial charge in [-0.1, -0.05) is 48.0 Å². The van der Waals surface area contributed by atoms with Gasteiger partial charge in [0.2, 0.25) is 0 Å². The van der Waals surface area contributed by atoms with Crippen LogP contribution in [-0.4, -0.2) is 26.3 Å². The fraction of sp³-hybridized carbons (Fsp3) is 0.625. The maximum absolute atomic E-state index is 5.61. The zero-order valence-electron chi connectivity index (χ0n) is 12.3. The average molecular weight is 328 g/mol. The van der Waals surface area contributed by atoms with Gasteiger partial charge in [0, 0.05) is 17.6 Å². The summed E-state index contributed by atoms with van der Waals surface area (Å²) in [5, 5.41) is 3.54. The van der Waals surface area contributed by atoms with E-state index in [4.69, 9.17) is 4.74 Å². The van der Waals surface area contributed by atoms with Crippen molar-refractivity contribution in [2.24, 2.45) is 11.8 Å². The van der Waals surface area contributed by atoms with Crippen molar-refractivity contribution >= 4 is 15.9 Å². The van der Waals surface area contributed by atoms with Crippen LogP contribution in [0.5, 0.6) is 0 Å². The molecule has 0 fully saturated rings. The molecule has 1 rings (SSSR count). The second-order valence-corrected chi connectivity index (χ2v) is 6.23. The number of nitrogens with one attached hydrogen (secondary N) is 1. The molecule has 0 radical (unpaired) electrons. The maximum atomic E-state index is 5.61. The molecule has 0 aliphatic heterocycles. The third-order valence-electron chi connectivity index (χ3n) is 3.01. The zero-order valence-corrected chi connectivity index (χ0v) is 13.9. The van der Waals surface area contributed by atoms with E-state index in [0.717, 1.165) is 32.7 Å². The van der Waals surface area contributed by atoms with Crippen LogP contribution in [0.1, 0.15) is 26.3 Å². The molecule has 0 aliphatic carbocycles. The van der Waals surface area contributed by atoms with Gasteiger partial charge in [-0.3, -0.25) is 0 Å². The Hall–Kier alpha value is -0.380. The molecule has 0 spiro atoms. The molecular weight excluding hydrogens is 302 g/mol. The smallest absolute Gasteiger partial charge is 0.0509 e. The molecule has 1 atom stereocenters. The van der Waals surface area contributed by atoms with Gasteiger partial charge in [0.05, 0.1) is 6.61 Å². The van der Waals surface area contributed by atoms with E-state index in [1.165, 1.54) is 10.0 Å². The molecular formula is C16H26BrNO. The Morgan fingerprint density at radius 3 is 2.58 bits per heavy atom. The first kappa shape index (κ1) is 16.7. The largest absolute Gasteiger partial charge is 0.381 e. The number of halogens is 1. The van der Waals surface area contributed by atoms with E-state index in [0.29, 0.717) is 11.8 Å². The van der Waals surface area contributed by atoms with Gasteiger partial charge in [-0.25, -0.2) is 0 Å². The van der Waals surface area contributed by atoms with Gasteiger partial charge in [0.15, 0.2) is 0 Å². The molecule has 1 N–H and O–H groups in total. The molecule has 108 valence electrons. The van der Waals surface area contributed by atoms with Gasteiger partial charge in [0.1, 0.15) is 0 Å². The third-order valence-corrected chi connectivity index (χ3v) is 3.78. The Morgan fingerprint density at radius 2 is 1.95 bits per heavy atom. The molecule has 2 nitrogen and oxygen atoms in total. The molecule has 0 saturated heterocycles. The van der Waals surface area contributed by atoms with Gasteiger partial charge in [-0.05, 0) is 43.4 Å². The van der Waals surface area contributed by atoms with Crippen LogP contribution in [0.15, 0.2) is 28.7 Å². The third kappa shape index (κ3) is 7.09. The molecule has 0 amide bonds. The number of benzene rings is 1. The molecule has 3 heteroatoms. The highest BCUT2D eigenvalue weighted by molar-refractivity contribution is 9.10. The van der Waals surface area contributed by atoms with E-state index < -0.39 is 0 Å². The second-order valence-electron chi connectivity index (χ2n) is 5.37. The minimum Gasteiger partial charge on any atom is -0.381 e. The van der Waals surface area contributed by atoms with Crippen molar-refractivity contribution in [1.29, 1.82) is 0 Å². The van der Waals surface area contributed by atoms with Crippen molar-refractivity contribution in [3.8, 4) is 0 Å². The van der Waals surface area contributed by atoms with Crippen molar-refractivity contribution in [2.75, 3.05) is 26.3 Å². The molecule has 0 bridgehead atoms. The number of ether oxygens (including phenoxy) is 1. The van der Waals surface area contributed by atoms with Crippen LogP contribution in [0.25, 0.3) is 0 Å². The Labute approximate surface area is 126 Å². The quantitative estimate of drug-likeness (QED) is 0.742. The van der Waals surface area contributed by atoms with E-state index in [9.17, 15) is 0 Å². The summed E-state index contributed by atoms with van der Waals surface area (Å²) in [5.74, 6) is 1.22. The van der Waals surface area contributed by atoms with E-state index >= 15 is 0 Å². The summed E-state index contributed by atoms with van der Waals surface area (Å²) in [6.07, 6.45) is 1.05. The molecule has 0 aliphatic rings. The number of hydrogen-bond donors (Lipinski definition) is 1. The maximum Gasteiger partial charge on any atom is 0.0509 e. The molecule has 0 aromatic heterocycles. The van der Waals surface area contributed by atoms with E-state index in [2.05, 4.69) is 66.3 Å². The number of rotatable bonds is 9. The Kier molecular flexibility index (Phi) is 8.35. The molecule has 1 unspecified atom stereocenters. The van der Waals surface area contributed by atoms with Crippen LogP contribution >= 0.6 is 15.9 Å². The first-order chi connectivity index (χ1) is 9.13. The lowest BCUT2D eigenvalue weighted by atomic mass is 10.00. The van der Waals surface area contributed by atoms with Crippen molar-refractivity contribution < 1.29 is 4.74 Å². The molecule has 1 aromatic rings. The second kappa shape index (κ2) is 9.51. The van der Waals surface area contributed by atoms with E-state index in [1.54, 1.807) is 0 Å². The van der Waals surface area contributed by atoms with Crippen LogP contribution in [-0.2, 0) is 11.2 Å². The van der Waals surface area contributed by atoms with Crippen molar-refractivity contribution in [3.63, 3.8) is 0 Å². The zero-order chi connectivity index (χ0) is 14.1. The van der Waals surface area contributed by atoms with Gasteiger partial charge in [0.25, 0.3) is 0 Å². The summed E-state index contributed by atoms with van der Waals surface area (Å²) < 4.78 is 6.80. The van der Waals surface area contributed by atoms with Crippen LogP contribution in [0.3, 0.4) is 0 Å². The highest BCUT2D eigenvalue weighted by Crippen LogP contribution is 2.19. The molecule has 19 heavy (non-hydrogen) atoms. The minimum absolute atomic E-state index is 0.525. The Morgan fingerprint density at radius 1 is 1.21 bits per heavy atom. The van der Waals surface area contributed by atoms with E-state index in [-0.39, 0.29) is 0 Å². The predicted molar refractivity (Wildman–Crippen MR) is 85.5 cm³/mol. The topological polar surface area (TPSA) is 21.3 Å². The summed E-state index contributed by atoms with van der Waals surface area (Å²) in [5.41, 5.74) is 1.36. The standard InChI is InChI=1S/C16H26BrNO/c1-4-19-12-14(11-18-10-13(2)3)9-15-7-5-6-8-16(15)17/h5-8,13-14,18H,4,9-12H2,1-3H3. The summed E-state index contributed by atoms with van der Waals surface area (Å²) >= 11 is 3.62. The fourth-order valence-electron chi connectivity index (χ4n) is 2.03. The van der Waals surface area contributed by atoms with E-state index in [1.807, 2.05) is 0 Å². The SMILES string of the molecule is CCOCC(CNCC(C)C)Cc1ccccc1Br. The predicted octanol–water partition coefficient (Wildman–Crippen LogP) is 3.89. The highest BCUT2D eigenvalue weighted by atomic mass is 79.9. The summed E-state index contributed by atoms with van der Waals surface area (Å²) in [7, 11) is 0. The lowest BCUT2D eigenvalue weighted by Gasteiger charge is -2.19. The van der Waals surface area contributed by atoms with Crippen LogP contribution in [0.2, 0.25) is 0 Å². The first-order valence-electron chi connectivity index (χ1n) is 7.15. The first-order valence-corrected chi connectivity index (χ1v) is 7.94. The summed E-state index contributed by atoms with van der Waals surface area (Å²) in [6.45, 7) is 10.2. The number of hydrogen-bond acceptors (Lipinski definition) is 2. The normalized spacial score (nSPS) is 12.9. The van der Waals surface area contributed by atoms with Crippen molar-refractivity contribution in [3.05, 3.63) is 34.3 Å². The molecule has 0 saturated carbocycles. The minimum atomic E-state index is 0.525. The van der Waals surface area contributed by atoms with Crippen LogP contribution in [0.4, 0.5) is 0 Å². The lowest BCUT2D eigenvalue weighted by molar-refractivity contribution is 0.109. The van der Waals surface area contributed by atoms with Gasteiger partial charge in [-0.15, -0.1) is 0 Å². The van der Waals surface area contributed by atoms with Gasteiger partial charge < -0.3 is 10.1 Å². The summed E-state index contributed by atoms with van der Waals surface area (Å²) in [6, 6.07) is 8.45. The average Bonchev–Trinajstić information content (AvgIpc) is 2.37. The summed E-state index contributed by atoms with van der Waals surface area (Å²) in [4.78, 5) is 0. The van der Waals surface area contributed by atoms with Crippen molar-refractivity contribution in [1.82, 2.24) is 5.32 Å².